The fourth-order valence-electron chi connectivity index (χ4n) is 4.89. The number of anilines is 1. The molecular weight excluding hydrogens is 496 g/mol. The van der Waals surface area contributed by atoms with Crippen molar-refractivity contribution < 1.29 is 19.1 Å². The maximum absolute atomic E-state index is 13.3. The standard InChI is InChI=1S/C29H34N6O4/c1-19(14-25(20(2)31)34-27(36)22-5-7-26(33-17-22)32-10-13-38-3)28(37)35-11-8-29(9-12-35)24-6-4-21(16-30)15-23(24)18-39-29/h4-7,14-15,17H,8-13,18,31H2,1-3H3,(H,32,33)(H,34,36)/b19-14+,25-20+. The van der Waals surface area contributed by atoms with Crippen LogP contribution in [0.15, 0.2) is 59.6 Å². The molecule has 4 rings (SSSR count). The minimum atomic E-state index is -0.423. The molecule has 204 valence electrons. The van der Waals surface area contributed by atoms with Crippen LogP contribution < -0.4 is 16.4 Å². The Kier molecular flexibility index (Phi) is 8.64. The Bertz CT molecular complexity index is 1330. The second-order valence-electron chi connectivity index (χ2n) is 9.79. The number of nitrogens with zero attached hydrogens (tertiary/aromatic N) is 3. The number of carbonyl (C=O) groups excluding carboxylic acids is 2. The Morgan fingerprint density at radius 3 is 2.67 bits per heavy atom. The molecule has 39 heavy (non-hydrogen) atoms. The molecule has 4 N–H and O–H groups in total. The van der Waals surface area contributed by atoms with Gasteiger partial charge in [0, 0.05) is 44.2 Å². The van der Waals surface area contributed by atoms with Crippen molar-refractivity contribution in [1.82, 2.24) is 15.2 Å². The molecule has 10 nitrogen and oxygen atoms in total. The van der Waals surface area contributed by atoms with Gasteiger partial charge in [0.1, 0.15) is 5.82 Å². The van der Waals surface area contributed by atoms with Gasteiger partial charge in [-0.3, -0.25) is 9.59 Å². The smallest absolute Gasteiger partial charge is 0.257 e. The van der Waals surface area contributed by atoms with E-state index in [-0.39, 0.29) is 11.8 Å². The Morgan fingerprint density at radius 1 is 1.26 bits per heavy atom. The molecule has 2 amide bonds. The summed E-state index contributed by atoms with van der Waals surface area (Å²) in [5.41, 5.74) is 9.98. The van der Waals surface area contributed by atoms with Crippen molar-refractivity contribution in [2.45, 2.75) is 38.9 Å². The van der Waals surface area contributed by atoms with Gasteiger partial charge in [-0.1, -0.05) is 6.07 Å². The van der Waals surface area contributed by atoms with Gasteiger partial charge < -0.3 is 30.7 Å². The zero-order chi connectivity index (χ0) is 28.0. The van der Waals surface area contributed by atoms with E-state index in [1.165, 1.54) is 6.20 Å². The van der Waals surface area contributed by atoms with Crippen LogP contribution in [0.3, 0.4) is 0 Å². The van der Waals surface area contributed by atoms with Crippen LogP contribution in [0.2, 0.25) is 0 Å². The molecule has 1 fully saturated rings. The second kappa shape index (κ2) is 12.1. The number of nitrogens with one attached hydrogen (secondary N) is 2. The van der Waals surface area contributed by atoms with Crippen molar-refractivity contribution in [3.8, 4) is 6.07 Å². The number of likely N-dealkylation sites (tertiary alicyclic amines) is 1. The number of aromatic nitrogens is 1. The molecular formula is C29H34N6O4. The molecule has 0 saturated carbocycles. The van der Waals surface area contributed by atoms with Crippen molar-refractivity contribution in [2.75, 3.05) is 38.7 Å². The first-order valence-corrected chi connectivity index (χ1v) is 12.9. The van der Waals surface area contributed by atoms with E-state index in [2.05, 4.69) is 21.7 Å². The molecule has 3 heterocycles. The van der Waals surface area contributed by atoms with Gasteiger partial charge in [-0.15, -0.1) is 0 Å². The fraction of sp³-hybridized carbons (Fsp3) is 0.379. The number of piperidine rings is 1. The highest BCUT2D eigenvalue weighted by atomic mass is 16.5. The molecule has 2 aliphatic rings. The lowest BCUT2D eigenvalue weighted by Gasteiger charge is -2.39. The number of methoxy groups -OCH3 is 1. The van der Waals surface area contributed by atoms with E-state index >= 15 is 0 Å². The summed E-state index contributed by atoms with van der Waals surface area (Å²) >= 11 is 0. The van der Waals surface area contributed by atoms with Crippen molar-refractivity contribution >= 4 is 17.6 Å². The molecule has 2 aromatic rings. The topological polar surface area (TPSA) is 143 Å². The lowest BCUT2D eigenvalue weighted by molar-refractivity contribution is -0.134. The van der Waals surface area contributed by atoms with Crippen molar-refractivity contribution in [3.05, 3.63) is 81.8 Å². The summed E-state index contributed by atoms with van der Waals surface area (Å²) in [6.45, 7) is 6.08. The third-order valence-corrected chi connectivity index (χ3v) is 7.10. The highest BCUT2D eigenvalue weighted by molar-refractivity contribution is 5.97. The monoisotopic (exact) mass is 530 g/mol. The lowest BCUT2D eigenvalue weighted by atomic mass is 9.83. The molecule has 2 aliphatic heterocycles. The number of rotatable bonds is 8. The van der Waals surface area contributed by atoms with Gasteiger partial charge in [0.15, 0.2) is 0 Å². The summed E-state index contributed by atoms with van der Waals surface area (Å²) in [6, 6.07) is 11.2. The van der Waals surface area contributed by atoms with Crippen molar-refractivity contribution in [1.29, 1.82) is 5.26 Å². The van der Waals surface area contributed by atoms with Gasteiger partial charge in [-0.05, 0) is 68.2 Å². The Labute approximate surface area is 228 Å². The lowest BCUT2D eigenvalue weighted by Crippen LogP contribution is -2.45. The first-order chi connectivity index (χ1) is 18.8. The van der Waals surface area contributed by atoms with Crippen LogP contribution in [-0.4, -0.2) is 55.0 Å². The second-order valence-corrected chi connectivity index (χ2v) is 9.79. The van der Waals surface area contributed by atoms with E-state index in [1.807, 2.05) is 18.2 Å². The minimum absolute atomic E-state index is 0.121. The van der Waals surface area contributed by atoms with Crippen LogP contribution in [-0.2, 0) is 26.5 Å². The summed E-state index contributed by atoms with van der Waals surface area (Å²) in [5.74, 6) is 0.139. The fourth-order valence-corrected chi connectivity index (χ4v) is 4.89. The van der Waals surface area contributed by atoms with Crippen LogP contribution in [0.5, 0.6) is 0 Å². The van der Waals surface area contributed by atoms with Gasteiger partial charge in [0.2, 0.25) is 5.91 Å². The zero-order valence-electron chi connectivity index (χ0n) is 22.5. The molecule has 1 aromatic carbocycles. The molecule has 1 saturated heterocycles. The molecule has 0 unspecified atom stereocenters. The van der Waals surface area contributed by atoms with Gasteiger partial charge >= 0.3 is 0 Å². The predicted octanol–water partition coefficient (Wildman–Crippen LogP) is 2.93. The number of fused-ring (bicyclic) bond motifs is 2. The number of allylic oxidation sites excluding steroid dienone is 2. The molecule has 0 bridgehead atoms. The van der Waals surface area contributed by atoms with Gasteiger partial charge in [-0.25, -0.2) is 4.98 Å². The van der Waals surface area contributed by atoms with E-state index < -0.39 is 5.60 Å². The van der Waals surface area contributed by atoms with E-state index in [1.54, 1.807) is 44.1 Å². The summed E-state index contributed by atoms with van der Waals surface area (Å²) in [4.78, 5) is 32.1. The number of hydrogen-bond donors (Lipinski definition) is 3. The highest BCUT2D eigenvalue weighted by Crippen LogP contribution is 2.44. The molecule has 0 aliphatic carbocycles. The van der Waals surface area contributed by atoms with E-state index in [9.17, 15) is 14.9 Å². The highest BCUT2D eigenvalue weighted by Gasteiger charge is 2.43. The number of pyridine rings is 1. The number of ether oxygens (including phenoxy) is 2. The summed E-state index contributed by atoms with van der Waals surface area (Å²) in [7, 11) is 1.62. The molecule has 1 aromatic heterocycles. The number of amides is 2. The third-order valence-electron chi connectivity index (χ3n) is 7.10. The maximum Gasteiger partial charge on any atom is 0.257 e. The van der Waals surface area contributed by atoms with E-state index in [0.717, 1.165) is 11.1 Å². The first-order valence-electron chi connectivity index (χ1n) is 12.9. The summed E-state index contributed by atoms with van der Waals surface area (Å²) < 4.78 is 11.2. The molecule has 0 radical (unpaired) electrons. The summed E-state index contributed by atoms with van der Waals surface area (Å²) in [6.07, 6.45) is 4.43. The molecule has 1 spiro atoms. The first kappa shape index (κ1) is 27.8. The molecule has 10 heteroatoms. The Hall–Kier alpha value is -4.20. The number of nitriles is 1. The Morgan fingerprint density at radius 2 is 2.03 bits per heavy atom. The van der Waals surface area contributed by atoms with Gasteiger partial charge in [0.25, 0.3) is 5.91 Å². The molecule has 0 atom stereocenters. The average Bonchev–Trinajstić information content (AvgIpc) is 3.29. The van der Waals surface area contributed by atoms with E-state index in [4.69, 9.17) is 15.2 Å². The summed E-state index contributed by atoms with van der Waals surface area (Å²) in [5, 5.41) is 15.1. The number of nitrogens with two attached hydrogens (primary N) is 1. The van der Waals surface area contributed by atoms with Gasteiger partial charge in [-0.2, -0.15) is 5.26 Å². The third kappa shape index (κ3) is 6.28. The normalized spacial score (nSPS) is 16.8. The minimum Gasteiger partial charge on any atom is -0.401 e. The number of carbonyl (C=O) groups is 2. The van der Waals surface area contributed by atoms with Crippen LogP contribution in [0.1, 0.15) is 53.7 Å². The average molecular weight is 531 g/mol. The van der Waals surface area contributed by atoms with Crippen LogP contribution in [0, 0.1) is 11.3 Å². The van der Waals surface area contributed by atoms with Gasteiger partial charge in [0.05, 0.1) is 41.7 Å². The number of hydrogen-bond acceptors (Lipinski definition) is 8. The quantitative estimate of drug-likeness (QED) is 0.269. The maximum atomic E-state index is 13.3. The van der Waals surface area contributed by atoms with Crippen molar-refractivity contribution in [2.24, 2.45) is 5.73 Å². The van der Waals surface area contributed by atoms with Crippen LogP contribution >= 0.6 is 0 Å². The SMILES string of the molecule is COCCNc1ccc(C(=O)NC(/C=C(\C)C(=O)N2CCC3(CC2)OCc2cc(C#N)ccc23)=C(\C)N)cn1. The largest absolute Gasteiger partial charge is 0.401 e. The Balaban J connectivity index is 1.38. The van der Waals surface area contributed by atoms with Crippen LogP contribution in [0.4, 0.5) is 5.82 Å². The van der Waals surface area contributed by atoms with Crippen molar-refractivity contribution in [3.63, 3.8) is 0 Å². The number of benzene rings is 1. The zero-order valence-corrected chi connectivity index (χ0v) is 22.5. The predicted molar refractivity (Wildman–Crippen MR) is 146 cm³/mol. The van der Waals surface area contributed by atoms with E-state index in [0.29, 0.717) is 79.6 Å². The van der Waals surface area contributed by atoms with Crippen LogP contribution in [0.25, 0.3) is 0 Å².